The molecule has 3 aromatic heterocycles. The molecule has 4 aromatic rings. The van der Waals surface area contributed by atoms with Gasteiger partial charge in [0.2, 0.25) is 0 Å². The van der Waals surface area contributed by atoms with Crippen molar-refractivity contribution < 1.29 is 5.11 Å². The van der Waals surface area contributed by atoms with Gasteiger partial charge in [0.1, 0.15) is 0 Å². The van der Waals surface area contributed by atoms with E-state index in [0.29, 0.717) is 24.5 Å². The minimum absolute atomic E-state index is 0.0724. The molecule has 3 N–H and O–H groups in total. The molecule has 0 saturated carbocycles. The van der Waals surface area contributed by atoms with Crippen molar-refractivity contribution in [2.24, 2.45) is 7.05 Å². The van der Waals surface area contributed by atoms with Gasteiger partial charge in [0.15, 0.2) is 17.0 Å². The SMILES string of the molecule is Cn1c(=O)c2nc(-c3ccc(NCCNCCO)cc3)nnc2n(Cc2cccnc2)c1=O. The molecular formula is C22H24N8O3. The quantitative estimate of drug-likeness (QED) is 0.302. The molecule has 0 aliphatic carbocycles. The van der Waals surface area contributed by atoms with Gasteiger partial charge >= 0.3 is 5.69 Å². The van der Waals surface area contributed by atoms with Gasteiger partial charge in [0, 0.05) is 50.3 Å². The third-order valence-electron chi connectivity index (χ3n) is 5.08. The standard InChI is InChI=1S/C22H24N8O3/c1-29-21(32)18-20(30(22(29)33)14-15-3-2-8-24-13-15)28-27-19(26-18)16-4-6-17(7-5-16)25-10-9-23-11-12-31/h2-8,13,23,25,31H,9-12,14H2,1H3. The van der Waals surface area contributed by atoms with E-state index in [1.807, 2.05) is 30.3 Å². The Kier molecular flexibility index (Phi) is 6.81. The highest BCUT2D eigenvalue weighted by Crippen LogP contribution is 2.18. The maximum absolute atomic E-state index is 12.8. The number of aromatic nitrogens is 6. The molecule has 0 bridgehead atoms. The Morgan fingerprint density at radius 2 is 1.85 bits per heavy atom. The number of hydrogen-bond donors (Lipinski definition) is 3. The van der Waals surface area contributed by atoms with Gasteiger partial charge in [-0.3, -0.25) is 18.9 Å². The first-order valence-electron chi connectivity index (χ1n) is 10.5. The highest BCUT2D eigenvalue weighted by Gasteiger charge is 2.16. The van der Waals surface area contributed by atoms with Crippen LogP contribution in [0.25, 0.3) is 22.6 Å². The summed E-state index contributed by atoms with van der Waals surface area (Å²) in [5.41, 5.74) is 1.58. The van der Waals surface area contributed by atoms with Gasteiger partial charge in [-0.05, 0) is 35.9 Å². The zero-order chi connectivity index (χ0) is 23.2. The van der Waals surface area contributed by atoms with E-state index in [-0.39, 0.29) is 24.3 Å². The summed E-state index contributed by atoms with van der Waals surface area (Å²) in [4.78, 5) is 34.0. The molecule has 0 spiro atoms. The monoisotopic (exact) mass is 448 g/mol. The highest BCUT2D eigenvalue weighted by molar-refractivity contribution is 5.71. The average molecular weight is 448 g/mol. The maximum atomic E-state index is 12.8. The van der Waals surface area contributed by atoms with Crippen LogP contribution in [0.15, 0.2) is 58.4 Å². The number of aliphatic hydroxyl groups is 1. The van der Waals surface area contributed by atoms with Gasteiger partial charge in [-0.15, -0.1) is 10.2 Å². The summed E-state index contributed by atoms with van der Waals surface area (Å²) in [5, 5.41) is 23.5. The number of nitrogens with one attached hydrogen (secondary N) is 2. The molecule has 0 atom stereocenters. The van der Waals surface area contributed by atoms with Crippen molar-refractivity contribution >= 4 is 16.9 Å². The molecule has 11 nitrogen and oxygen atoms in total. The zero-order valence-corrected chi connectivity index (χ0v) is 18.1. The Labute approximate surface area is 188 Å². The van der Waals surface area contributed by atoms with Crippen LogP contribution in [-0.2, 0) is 13.6 Å². The number of anilines is 1. The van der Waals surface area contributed by atoms with Crippen molar-refractivity contribution in [2.45, 2.75) is 6.54 Å². The van der Waals surface area contributed by atoms with Crippen LogP contribution in [-0.4, -0.2) is 60.6 Å². The lowest BCUT2D eigenvalue weighted by Crippen LogP contribution is -2.39. The first-order valence-corrected chi connectivity index (χ1v) is 10.5. The summed E-state index contributed by atoms with van der Waals surface area (Å²) in [6, 6.07) is 11.1. The highest BCUT2D eigenvalue weighted by atomic mass is 16.3. The molecule has 0 aliphatic heterocycles. The van der Waals surface area contributed by atoms with Crippen LogP contribution >= 0.6 is 0 Å². The van der Waals surface area contributed by atoms with Gasteiger partial charge in [0.25, 0.3) is 5.56 Å². The lowest BCUT2D eigenvalue weighted by molar-refractivity contribution is 0.293. The van der Waals surface area contributed by atoms with Gasteiger partial charge in [-0.25, -0.2) is 9.78 Å². The molecule has 4 rings (SSSR count). The van der Waals surface area contributed by atoms with Crippen LogP contribution in [0, 0.1) is 0 Å². The molecule has 0 saturated heterocycles. The topological polar surface area (TPSA) is 140 Å². The van der Waals surface area contributed by atoms with Crippen molar-refractivity contribution in [1.82, 2.24) is 34.6 Å². The second-order valence-corrected chi connectivity index (χ2v) is 7.38. The first-order chi connectivity index (χ1) is 16.1. The predicted octanol–water partition coefficient (Wildman–Crippen LogP) is -0.0107. The smallest absolute Gasteiger partial charge is 0.332 e. The largest absolute Gasteiger partial charge is 0.395 e. The molecule has 170 valence electrons. The molecular weight excluding hydrogens is 424 g/mol. The average Bonchev–Trinajstić information content (AvgIpc) is 2.86. The third kappa shape index (κ3) is 4.94. The second kappa shape index (κ2) is 10.1. The van der Waals surface area contributed by atoms with Gasteiger partial charge in [-0.2, -0.15) is 0 Å². The van der Waals surface area contributed by atoms with E-state index >= 15 is 0 Å². The van der Waals surface area contributed by atoms with Crippen LogP contribution in [0.5, 0.6) is 0 Å². The van der Waals surface area contributed by atoms with E-state index in [0.717, 1.165) is 22.4 Å². The molecule has 1 aromatic carbocycles. The van der Waals surface area contributed by atoms with E-state index in [2.05, 4.69) is 30.8 Å². The molecule has 11 heteroatoms. The summed E-state index contributed by atoms with van der Waals surface area (Å²) in [7, 11) is 1.42. The fraction of sp³-hybridized carbons (Fsp3) is 0.273. The van der Waals surface area contributed by atoms with Gasteiger partial charge in [0.05, 0.1) is 13.2 Å². The van der Waals surface area contributed by atoms with Crippen molar-refractivity contribution in [3.05, 3.63) is 75.2 Å². The first kappa shape index (κ1) is 22.2. The van der Waals surface area contributed by atoms with Gasteiger partial charge in [-0.1, -0.05) is 6.07 Å². The van der Waals surface area contributed by atoms with Crippen molar-refractivity contribution in [2.75, 3.05) is 31.6 Å². The minimum atomic E-state index is -0.526. The van der Waals surface area contributed by atoms with Crippen LogP contribution in [0.4, 0.5) is 5.69 Å². The Hall–Kier alpha value is -3.96. The van der Waals surface area contributed by atoms with Crippen LogP contribution in [0.2, 0.25) is 0 Å². The molecule has 0 fully saturated rings. The van der Waals surface area contributed by atoms with Crippen LogP contribution < -0.4 is 21.9 Å². The lowest BCUT2D eigenvalue weighted by atomic mass is 10.2. The summed E-state index contributed by atoms with van der Waals surface area (Å²) < 4.78 is 2.39. The van der Waals surface area contributed by atoms with E-state index < -0.39 is 11.2 Å². The normalized spacial score (nSPS) is 11.1. The van der Waals surface area contributed by atoms with Crippen LogP contribution in [0.3, 0.4) is 0 Å². The number of pyridine rings is 1. The number of rotatable bonds is 9. The fourth-order valence-corrected chi connectivity index (χ4v) is 3.34. The Bertz CT molecular complexity index is 1350. The Balaban J connectivity index is 1.63. The van der Waals surface area contributed by atoms with E-state index in [1.165, 1.54) is 11.6 Å². The summed E-state index contributed by atoms with van der Waals surface area (Å²) in [6.45, 7) is 2.29. The second-order valence-electron chi connectivity index (χ2n) is 7.38. The third-order valence-corrected chi connectivity index (χ3v) is 5.08. The predicted molar refractivity (Wildman–Crippen MR) is 124 cm³/mol. The van der Waals surface area contributed by atoms with Crippen molar-refractivity contribution in [3.8, 4) is 11.4 Å². The van der Waals surface area contributed by atoms with Crippen molar-refractivity contribution in [1.29, 1.82) is 0 Å². The molecule has 0 unspecified atom stereocenters. The zero-order valence-electron chi connectivity index (χ0n) is 18.1. The fourth-order valence-electron chi connectivity index (χ4n) is 3.34. The molecule has 33 heavy (non-hydrogen) atoms. The van der Waals surface area contributed by atoms with Crippen LogP contribution in [0.1, 0.15) is 5.56 Å². The number of benzene rings is 1. The number of hydrogen-bond acceptors (Lipinski definition) is 9. The van der Waals surface area contributed by atoms with Gasteiger partial charge < -0.3 is 15.7 Å². The maximum Gasteiger partial charge on any atom is 0.332 e. The number of fused-ring (bicyclic) bond motifs is 1. The lowest BCUT2D eigenvalue weighted by Gasteiger charge is -2.11. The summed E-state index contributed by atoms with van der Waals surface area (Å²) in [6.07, 6.45) is 3.30. The minimum Gasteiger partial charge on any atom is -0.395 e. The summed E-state index contributed by atoms with van der Waals surface area (Å²) in [5.74, 6) is 0.294. The molecule has 0 aliphatic rings. The Morgan fingerprint density at radius 1 is 1.03 bits per heavy atom. The molecule has 0 amide bonds. The van der Waals surface area contributed by atoms with E-state index in [1.54, 1.807) is 18.5 Å². The van der Waals surface area contributed by atoms with E-state index in [4.69, 9.17) is 5.11 Å². The number of aliphatic hydroxyl groups excluding tert-OH is 1. The van der Waals surface area contributed by atoms with E-state index in [9.17, 15) is 9.59 Å². The Morgan fingerprint density at radius 3 is 2.58 bits per heavy atom. The number of nitrogens with zero attached hydrogens (tertiary/aromatic N) is 6. The molecule has 0 radical (unpaired) electrons. The summed E-state index contributed by atoms with van der Waals surface area (Å²) >= 11 is 0. The molecule has 3 heterocycles. The van der Waals surface area contributed by atoms with Crippen molar-refractivity contribution in [3.63, 3.8) is 0 Å².